The second kappa shape index (κ2) is 9.09. The van der Waals surface area contributed by atoms with Crippen molar-refractivity contribution in [3.05, 3.63) is 0 Å². The lowest BCUT2D eigenvalue weighted by Crippen LogP contribution is -2.52. The van der Waals surface area contributed by atoms with E-state index in [9.17, 15) is 19.2 Å². The molecule has 9 heteroatoms. The van der Waals surface area contributed by atoms with Crippen LogP contribution in [0.4, 0.5) is 4.79 Å². The molecule has 23 heavy (non-hydrogen) atoms. The number of hydrogen-bond acceptors (Lipinski definition) is 7. The molecule has 0 rings (SSSR count). The number of alkyl carbamates (subject to hydrolysis) is 1. The lowest BCUT2D eigenvalue weighted by molar-refractivity contribution is -0.148. The fourth-order valence-corrected chi connectivity index (χ4v) is 1.47. The molecule has 4 N–H and O–H groups in total. The van der Waals surface area contributed by atoms with E-state index in [-0.39, 0.29) is 13.0 Å². The van der Waals surface area contributed by atoms with Crippen molar-refractivity contribution in [2.75, 3.05) is 13.7 Å². The Morgan fingerprint density at radius 2 is 1.74 bits per heavy atom. The molecule has 0 fully saturated rings. The highest BCUT2D eigenvalue weighted by Crippen LogP contribution is 2.06. The van der Waals surface area contributed by atoms with Gasteiger partial charge in [0.25, 0.3) is 0 Å². The lowest BCUT2D eigenvalue weighted by Gasteiger charge is -2.20. The van der Waals surface area contributed by atoms with Crippen LogP contribution in [-0.4, -0.2) is 55.1 Å². The van der Waals surface area contributed by atoms with Crippen molar-refractivity contribution in [1.29, 1.82) is 0 Å². The van der Waals surface area contributed by atoms with Crippen molar-refractivity contribution in [3.63, 3.8) is 0 Å². The number of carbonyl (C=O) groups is 4. The van der Waals surface area contributed by atoms with E-state index < -0.39 is 41.4 Å². The van der Waals surface area contributed by atoms with E-state index in [0.717, 1.165) is 14.0 Å². The number of ether oxygens (including phenoxy) is 2. The number of amides is 2. The van der Waals surface area contributed by atoms with Crippen molar-refractivity contribution in [2.24, 2.45) is 5.73 Å². The molecule has 132 valence electrons. The minimum absolute atomic E-state index is 0.104. The number of ketones is 1. The molecule has 0 saturated heterocycles. The second-order valence-electron chi connectivity index (χ2n) is 5.90. The molecule has 0 bridgehead atoms. The second-order valence-corrected chi connectivity index (χ2v) is 5.90. The summed E-state index contributed by atoms with van der Waals surface area (Å²) in [6.07, 6.45) is -0.516. The van der Waals surface area contributed by atoms with Gasteiger partial charge in [-0.2, -0.15) is 0 Å². The van der Waals surface area contributed by atoms with E-state index >= 15 is 0 Å². The molecule has 0 radical (unpaired) electrons. The molecule has 0 aromatic heterocycles. The Kier molecular flexibility index (Phi) is 8.23. The third-order valence-electron chi connectivity index (χ3n) is 2.59. The maximum Gasteiger partial charge on any atom is 0.407 e. The van der Waals surface area contributed by atoms with Crippen LogP contribution in [0.5, 0.6) is 0 Å². The number of nitrogens with one attached hydrogen (secondary N) is 2. The Morgan fingerprint density at radius 3 is 2.17 bits per heavy atom. The van der Waals surface area contributed by atoms with Gasteiger partial charge in [0.1, 0.15) is 5.60 Å². The van der Waals surface area contributed by atoms with Crippen molar-refractivity contribution >= 4 is 23.8 Å². The van der Waals surface area contributed by atoms with Crippen LogP contribution in [0.2, 0.25) is 0 Å². The van der Waals surface area contributed by atoms with Crippen molar-refractivity contribution < 1.29 is 28.7 Å². The highest BCUT2D eigenvalue weighted by Gasteiger charge is 2.28. The van der Waals surface area contributed by atoms with E-state index in [0.29, 0.717) is 0 Å². The van der Waals surface area contributed by atoms with E-state index in [1.54, 1.807) is 20.8 Å². The van der Waals surface area contributed by atoms with Crippen LogP contribution in [0, 0.1) is 0 Å². The van der Waals surface area contributed by atoms with Gasteiger partial charge < -0.3 is 25.8 Å². The molecule has 0 heterocycles. The lowest BCUT2D eigenvalue weighted by atomic mass is 10.1. The topological polar surface area (TPSA) is 137 Å². The van der Waals surface area contributed by atoms with Crippen LogP contribution in [0.3, 0.4) is 0 Å². The zero-order valence-corrected chi connectivity index (χ0v) is 14.1. The molecule has 0 aliphatic heterocycles. The van der Waals surface area contributed by atoms with Crippen molar-refractivity contribution in [3.8, 4) is 0 Å². The first-order valence-corrected chi connectivity index (χ1v) is 7.09. The van der Waals surface area contributed by atoms with E-state index in [1.807, 2.05) is 0 Å². The fraction of sp³-hybridized carbons (Fsp3) is 0.714. The average molecular weight is 331 g/mol. The van der Waals surface area contributed by atoms with Gasteiger partial charge in [0.05, 0.1) is 13.2 Å². The van der Waals surface area contributed by atoms with Crippen molar-refractivity contribution in [1.82, 2.24) is 10.6 Å². The van der Waals surface area contributed by atoms with Crippen LogP contribution < -0.4 is 16.4 Å². The summed E-state index contributed by atoms with van der Waals surface area (Å²) < 4.78 is 9.45. The summed E-state index contributed by atoms with van der Waals surface area (Å²) in [5.74, 6) is -2.13. The first-order chi connectivity index (χ1) is 10.5. The number of Topliss-reactive ketones (excluding diaryl/α,β-unsaturated/α-hetero) is 1. The number of methoxy groups -OCH3 is 1. The van der Waals surface area contributed by atoms with Gasteiger partial charge in [0.15, 0.2) is 11.8 Å². The summed E-state index contributed by atoms with van der Waals surface area (Å²) in [6, 6.07) is -2.39. The molecule has 0 aliphatic carbocycles. The molecule has 0 aromatic rings. The largest absolute Gasteiger partial charge is 0.467 e. The molecule has 0 aliphatic rings. The maximum atomic E-state index is 11.8. The molecular formula is C14H25N3O6. The van der Waals surface area contributed by atoms with Gasteiger partial charge in [-0.25, -0.2) is 9.59 Å². The molecule has 2 amide bonds. The zero-order chi connectivity index (χ0) is 18.2. The van der Waals surface area contributed by atoms with Gasteiger partial charge >= 0.3 is 12.1 Å². The minimum atomic E-state index is -1.39. The minimum Gasteiger partial charge on any atom is -0.467 e. The van der Waals surface area contributed by atoms with Gasteiger partial charge in [-0.15, -0.1) is 0 Å². The van der Waals surface area contributed by atoms with Gasteiger partial charge in [-0.05, 0) is 34.1 Å². The molecule has 2 atom stereocenters. The third-order valence-corrected chi connectivity index (χ3v) is 2.59. The van der Waals surface area contributed by atoms with Gasteiger partial charge in [0, 0.05) is 6.54 Å². The smallest absolute Gasteiger partial charge is 0.407 e. The Labute approximate surface area is 135 Å². The Bertz CT molecular complexity index is 458. The summed E-state index contributed by atoms with van der Waals surface area (Å²) in [5.41, 5.74) is 5.03. The normalized spacial score (nSPS) is 13.5. The number of nitrogens with two attached hydrogens (primary N) is 1. The van der Waals surface area contributed by atoms with Gasteiger partial charge in [0.2, 0.25) is 5.91 Å². The highest BCUT2D eigenvalue weighted by molar-refractivity contribution is 6.05. The monoisotopic (exact) mass is 331 g/mol. The molecule has 0 aromatic carbocycles. The summed E-state index contributed by atoms with van der Waals surface area (Å²) in [4.78, 5) is 46.0. The van der Waals surface area contributed by atoms with E-state index in [1.165, 1.54) is 0 Å². The Morgan fingerprint density at radius 1 is 1.17 bits per heavy atom. The third kappa shape index (κ3) is 8.77. The number of hydrogen-bond donors (Lipinski definition) is 3. The zero-order valence-electron chi connectivity index (χ0n) is 14.1. The predicted octanol–water partition coefficient (Wildman–Crippen LogP) is -0.525. The van der Waals surface area contributed by atoms with Crippen LogP contribution in [0.1, 0.15) is 34.1 Å². The SMILES string of the molecule is COC(=O)[C@@H](NC(=O)[C@@H](N)CCNC(=O)OC(C)(C)C)C(C)=O. The van der Waals surface area contributed by atoms with Crippen LogP contribution in [0.15, 0.2) is 0 Å². The van der Waals surface area contributed by atoms with Crippen LogP contribution >= 0.6 is 0 Å². The fourth-order valence-electron chi connectivity index (χ4n) is 1.47. The molecule has 0 unspecified atom stereocenters. The van der Waals surface area contributed by atoms with Crippen molar-refractivity contribution in [2.45, 2.75) is 51.8 Å². The average Bonchev–Trinajstić information content (AvgIpc) is 2.41. The summed E-state index contributed by atoms with van der Waals surface area (Å²) >= 11 is 0. The summed E-state index contributed by atoms with van der Waals surface area (Å²) in [7, 11) is 1.11. The number of rotatable bonds is 7. The molecule has 0 spiro atoms. The van der Waals surface area contributed by atoms with E-state index in [4.69, 9.17) is 10.5 Å². The summed E-state index contributed by atoms with van der Waals surface area (Å²) in [5, 5.41) is 4.67. The highest BCUT2D eigenvalue weighted by atomic mass is 16.6. The van der Waals surface area contributed by atoms with Gasteiger partial charge in [-0.1, -0.05) is 0 Å². The number of carbonyl (C=O) groups excluding carboxylic acids is 4. The first-order valence-electron chi connectivity index (χ1n) is 7.09. The van der Waals surface area contributed by atoms with E-state index in [2.05, 4.69) is 15.4 Å². The first kappa shape index (κ1) is 20.8. The summed E-state index contributed by atoms with van der Waals surface area (Å²) in [6.45, 7) is 6.42. The van der Waals surface area contributed by atoms with Crippen LogP contribution in [-0.2, 0) is 23.9 Å². The number of esters is 1. The van der Waals surface area contributed by atoms with Crippen LogP contribution in [0.25, 0.3) is 0 Å². The predicted molar refractivity (Wildman–Crippen MR) is 81.5 cm³/mol. The quantitative estimate of drug-likeness (QED) is 0.421. The maximum absolute atomic E-state index is 11.8. The molecular weight excluding hydrogens is 306 g/mol. The Hall–Kier alpha value is -2.16. The Balaban J connectivity index is 4.32. The molecule has 0 saturated carbocycles. The molecule has 9 nitrogen and oxygen atoms in total. The standard InChI is InChI=1S/C14H25N3O6/c1-8(18)10(12(20)22-5)17-11(19)9(15)6-7-16-13(21)23-14(2,3)4/h9-10H,6-7,15H2,1-5H3,(H,16,21)(H,17,19)/t9-,10-/m0/s1. The van der Waals surface area contributed by atoms with Gasteiger partial charge in [-0.3, -0.25) is 9.59 Å².